The number of alkyl halides is 2. The van der Waals surface area contributed by atoms with Gasteiger partial charge in [0.05, 0.1) is 21.6 Å². The van der Waals surface area contributed by atoms with Gasteiger partial charge in [-0.15, -0.1) is 11.3 Å². The van der Waals surface area contributed by atoms with Gasteiger partial charge < -0.3 is 10.0 Å². The lowest BCUT2D eigenvalue weighted by molar-refractivity contribution is -0.224. The van der Waals surface area contributed by atoms with Gasteiger partial charge in [0.1, 0.15) is 5.60 Å². The number of nitrogens with zero attached hydrogens (tertiary/aromatic N) is 2. The van der Waals surface area contributed by atoms with Gasteiger partial charge in [0.2, 0.25) is 0 Å². The number of aliphatic hydroxyl groups is 1. The minimum Gasteiger partial charge on any atom is -0.383 e. The van der Waals surface area contributed by atoms with Crippen molar-refractivity contribution in [2.24, 2.45) is 0 Å². The summed E-state index contributed by atoms with van der Waals surface area (Å²) in [6.45, 7) is 1.88. The number of carbonyl (C=O) groups is 1. The van der Waals surface area contributed by atoms with Gasteiger partial charge in [0.25, 0.3) is 5.91 Å². The van der Waals surface area contributed by atoms with Crippen molar-refractivity contribution in [3.8, 4) is 0 Å². The molecular weight excluding hydrogens is 310 g/mol. The van der Waals surface area contributed by atoms with Crippen LogP contribution >= 0.6 is 11.3 Å². The Labute approximate surface area is 132 Å². The molecule has 1 aromatic heterocycles. The fourth-order valence-corrected chi connectivity index (χ4v) is 4.43. The molecule has 3 rings (SSSR count). The summed E-state index contributed by atoms with van der Waals surface area (Å²) in [7, 11) is 1.41. The van der Waals surface area contributed by atoms with Crippen LogP contribution in [0.1, 0.15) is 53.7 Å². The van der Waals surface area contributed by atoms with Crippen LogP contribution in [-0.4, -0.2) is 39.5 Å². The first-order chi connectivity index (χ1) is 10.3. The highest BCUT2D eigenvalue weighted by molar-refractivity contribution is 7.11. The second-order valence-corrected chi connectivity index (χ2v) is 7.56. The monoisotopic (exact) mass is 330 g/mol. The largest absolute Gasteiger partial charge is 0.383 e. The number of hydrogen-bond donors (Lipinski definition) is 1. The Balaban J connectivity index is 1.85. The van der Waals surface area contributed by atoms with E-state index in [0.717, 1.165) is 33.3 Å². The second-order valence-electron chi connectivity index (χ2n) is 6.33. The molecular formula is C15H20F2N2O2S. The van der Waals surface area contributed by atoms with Crippen LogP contribution in [0.5, 0.6) is 0 Å². The van der Waals surface area contributed by atoms with E-state index < -0.39 is 17.4 Å². The van der Waals surface area contributed by atoms with Crippen molar-refractivity contribution in [2.75, 3.05) is 7.05 Å². The van der Waals surface area contributed by atoms with Crippen LogP contribution in [0, 0.1) is 6.92 Å². The average molecular weight is 330 g/mol. The predicted molar refractivity (Wildman–Crippen MR) is 79.0 cm³/mol. The fraction of sp³-hybridized carbons (Fsp3) is 0.733. The van der Waals surface area contributed by atoms with Gasteiger partial charge in [-0.1, -0.05) is 0 Å². The van der Waals surface area contributed by atoms with Crippen molar-refractivity contribution >= 4 is 17.2 Å². The van der Waals surface area contributed by atoms with Crippen LogP contribution in [0.3, 0.4) is 0 Å². The normalized spacial score (nSPS) is 23.6. The Bertz CT molecular complexity index is 598. The van der Waals surface area contributed by atoms with Crippen LogP contribution < -0.4 is 0 Å². The maximum atomic E-state index is 14.4. The number of amides is 1. The molecule has 7 heteroatoms. The number of aryl methyl sites for hydroxylation is 2. The van der Waals surface area contributed by atoms with E-state index in [0.29, 0.717) is 12.8 Å². The van der Waals surface area contributed by atoms with E-state index in [1.54, 1.807) is 0 Å². The highest BCUT2D eigenvalue weighted by atomic mass is 32.1. The summed E-state index contributed by atoms with van der Waals surface area (Å²) in [4.78, 5) is 18.8. The molecule has 0 radical (unpaired) electrons. The van der Waals surface area contributed by atoms with Gasteiger partial charge >= 0.3 is 5.92 Å². The van der Waals surface area contributed by atoms with Crippen LogP contribution in [0.2, 0.25) is 0 Å². The first kappa shape index (κ1) is 15.8. The van der Waals surface area contributed by atoms with E-state index in [9.17, 15) is 18.7 Å². The third-order valence-electron chi connectivity index (χ3n) is 4.85. The number of fused-ring (bicyclic) bond motifs is 1. The van der Waals surface area contributed by atoms with Crippen molar-refractivity contribution in [3.63, 3.8) is 0 Å². The molecule has 0 aliphatic heterocycles. The second kappa shape index (κ2) is 5.23. The molecule has 0 saturated heterocycles. The number of halogens is 2. The van der Waals surface area contributed by atoms with E-state index in [-0.39, 0.29) is 18.9 Å². The molecule has 4 nitrogen and oxygen atoms in total. The van der Waals surface area contributed by atoms with E-state index in [4.69, 9.17) is 0 Å². The molecule has 22 heavy (non-hydrogen) atoms. The third-order valence-corrected chi connectivity index (χ3v) is 5.96. The lowest BCUT2D eigenvalue weighted by Crippen LogP contribution is -2.61. The summed E-state index contributed by atoms with van der Waals surface area (Å²) >= 11 is 1.47. The summed E-state index contributed by atoms with van der Waals surface area (Å²) in [6, 6.07) is -0.364. The van der Waals surface area contributed by atoms with Gasteiger partial charge in [-0.2, -0.15) is 8.78 Å². The van der Waals surface area contributed by atoms with Crippen LogP contribution in [-0.2, 0) is 11.2 Å². The SMILES string of the molecule is Cc1nc2c(s1)C(N(C)C(=O)C(F)(F)C1(O)CCC1)CCC2. The number of aromatic nitrogens is 1. The smallest absolute Gasteiger partial charge is 0.352 e. The summed E-state index contributed by atoms with van der Waals surface area (Å²) in [6.07, 6.45) is 2.81. The molecule has 0 spiro atoms. The molecule has 0 aromatic carbocycles. The summed E-state index contributed by atoms with van der Waals surface area (Å²) in [5, 5.41) is 10.8. The minimum atomic E-state index is -3.72. The van der Waals surface area contributed by atoms with Crippen molar-refractivity contribution in [2.45, 2.75) is 63.0 Å². The van der Waals surface area contributed by atoms with E-state index in [1.165, 1.54) is 18.4 Å². The maximum Gasteiger partial charge on any atom is 0.352 e. The molecule has 122 valence electrons. The quantitative estimate of drug-likeness (QED) is 0.927. The standard InChI is InChI=1S/C15H20F2N2O2S/c1-9-18-10-5-3-6-11(12(10)22-9)19(2)13(20)15(16,17)14(21)7-4-8-14/h11,21H,3-8H2,1-2H3. The highest BCUT2D eigenvalue weighted by Gasteiger charge is 2.62. The van der Waals surface area contributed by atoms with E-state index >= 15 is 0 Å². The third kappa shape index (κ3) is 2.25. The number of hydrogen-bond acceptors (Lipinski definition) is 4. The zero-order chi connectivity index (χ0) is 16.1. The number of rotatable bonds is 3. The molecule has 0 bridgehead atoms. The topological polar surface area (TPSA) is 53.4 Å². The van der Waals surface area contributed by atoms with Crippen LogP contribution in [0.15, 0.2) is 0 Å². The maximum absolute atomic E-state index is 14.4. The van der Waals surface area contributed by atoms with Gasteiger partial charge in [-0.3, -0.25) is 4.79 Å². The lowest BCUT2D eigenvalue weighted by Gasteiger charge is -2.44. The summed E-state index contributed by atoms with van der Waals surface area (Å²) < 4.78 is 28.8. The molecule has 1 aromatic rings. The first-order valence-corrected chi connectivity index (χ1v) is 8.41. The molecule has 1 heterocycles. The molecule has 1 N–H and O–H groups in total. The van der Waals surface area contributed by atoms with Gasteiger partial charge in [0.15, 0.2) is 0 Å². The Morgan fingerprint density at radius 2 is 2.14 bits per heavy atom. The van der Waals surface area contributed by atoms with E-state index in [2.05, 4.69) is 4.98 Å². The Morgan fingerprint density at radius 3 is 2.73 bits per heavy atom. The fourth-order valence-electron chi connectivity index (χ4n) is 3.28. The minimum absolute atomic E-state index is 0.0187. The Morgan fingerprint density at radius 1 is 1.45 bits per heavy atom. The Kier molecular flexibility index (Phi) is 3.76. The van der Waals surface area contributed by atoms with Crippen molar-refractivity contribution in [1.29, 1.82) is 0 Å². The average Bonchev–Trinajstić information content (AvgIpc) is 2.82. The van der Waals surface area contributed by atoms with Crippen molar-refractivity contribution in [3.05, 3.63) is 15.6 Å². The van der Waals surface area contributed by atoms with Crippen LogP contribution in [0.4, 0.5) is 8.78 Å². The zero-order valence-corrected chi connectivity index (χ0v) is 13.6. The molecule has 1 saturated carbocycles. The molecule has 1 unspecified atom stereocenters. The molecule has 2 aliphatic carbocycles. The van der Waals surface area contributed by atoms with Crippen LogP contribution in [0.25, 0.3) is 0 Å². The number of thiazole rings is 1. The summed E-state index contributed by atoms with van der Waals surface area (Å²) in [5.41, 5.74) is -1.25. The van der Waals surface area contributed by atoms with Crippen molar-refractivity contribution < 1.29 is 18.7 Å². The highest BCUT2D eigenvalue weighted by Crippen LogP contribution is 2.46. The lowest BCUT2D eigenvalue weighted by atomic mass is 9.75. The molecule has 1 fully saturated rings. The molecule has 1 amide bonds. The predicted octanol–water partition coefficient (Wildman–Crippen LogP) is 2.84. The van der Waals surface area contributed by atoms with Gasteiger partial charge in [-0.05, 0) is 45.4 Å². The zero-order valence-electron chi connectivity index (χ0n) is 12.7. The van der Waals surface area contributed by atoms with Gasteiger partial charge in [0, 0.05) is 7.05 Å². The van der Waals surface area contributed by atoms with Crippen molar-refractivity contribution in [1.82, 2.24) is 9.88 Å². The number of carbonyl (C=O) groups excluding carboxylic acids is 1. The molecule has 1 atom stereocenters. The first-order valence-electron chi connectivity index (χ1n) is 7.60. The Hall–Kier alpha value is -1.08. The van der Waals surface area contributed by atoms with Gasteiger partial charge in [-0.25, -0.2) is 4.98 Å². The van der Waals surface area contributed by atoms with E-state index in [1.807, 2.05) is 6.92 Å². The summed E-state index contributed by atoms with van der Waals surface area (Å²) in [5.74, 6) is -5.00. The molecule has 2 aliphatic rings.